The van der Waals surface area contributed by atoms with Crippen LogP contribution < -0.4 is 15.4 Å². The predicted octanol–water partition coefficient (Wildman–Crippen LogP) is 4.93. The minimum atomic E-state index is -0.187. The molecule has 4 aromatic rings. The van der Waals surface area contributed by atoms with Crippen LogP contribution in [0.2, 0.25) is 0 Å². The van der Waals surface area contributed by atoms with Crippen molar-refractivity contribution in [3.05, 3.63) is 102 Å². The van der Waals surface area contributed by atoms with E-state index in [1.54, 1.807) is 19.6 Å². The van der Waals surface area contributed by atoms with Gasteiger partial charge in [-0.3, -0.25) is 9.78 Å². The number of aryl methyl sites for hydroxylation is 1. The molecule has 9 heteroatoms. The van der Waals surface area contributed by atoms with E-state index in [1.807, 2.05) is 83.3 Å². The van der Waals surface area contributed by atoms with Crippen LogP contribution in [-0.2, 0) is 6.54 Å². The molecule has 0 bridgehead atoms. The molecule has 0 spiro atoms. The van der Waals surface area contributed by atoms with E-state index in [-0.39, 0.29) is 17.9 Å². The largest absolute Gasteiger partial charge is 0.497 e. The standard InChI is InChI=1S/C30H32N6O3/c1-21-3-12-27(29(37)34-24-6-8-25(9-7-24)36-18-15-31-20-36)28(33-21)23-13-16-35(17-14-23)30(38)32-19-22-4-10-26(39-2)11-5-22/h3-12,15,18,20,23H,13-14,16-17,19H2,1-2H3,(H,32,38)(H,34,37). The zero-order valence-electron chi connectivity index (χ0n) is 22.1. The Hall–Kier alpha value is -4.66. The van der Waals surface area contributed by atoms with Crippen LogP contribution in [0.25, 0.3) is 5.69 Å². The third kappa shape index (κ3) is 6.26. The second-order valence-corrected chi connectivity index (χ2v) is 9.62. The van der Waals surface area contributed by atoms with Crippen molar-refractivity contribution in [3.63, 3.8) is 0 Å². The lowest BCUT2D eigenvalue weighted by Gasteiger charge is -2.32. The Morgan fingerprint density at radius 2 is 1.74 bits per heavy atom. The highest BCUT2D eigenvalue weighted by atomic mass is 16.5. The lowest BCUT2D eigenvalue weighted by Crippen LogP contribution is -2.44. The third-order valence-electron chi connectivity index (χ3n) is 7.01. The van der Waals surface area contributed by atoms with Crippen LogP contribution in [0.3, 0.4) is 0 Å². The number of methoxy groups -OCH3 is 1. The first-order valence-electron chi connectivity index (χ1n) is 13.0. The molecule has 39 heavy (non-hydrogen) atoms. The summed E-state index contributed by atoms with van der Waals surface area (Å²) in [4.78, 5) is 36.7. The molecule has 1 fully saturated rings. The first-order valence-corrected chi connectivity index (χ1v) is 13.0. The van der Waals surface area contributed by atoms with Gasteiger partial charge in [-0.1, -0.05) is 12.1 Å². The number of nitrogens with one attached hydrogen (secondary N) is 2. The Morgan fingerprint density at radius 3 is 2.41 bits per heavy atom. The number of pyridine rings is 1. The molecular weight excluding hydrogens is 492 g/mol. The molecule has 0 saturated carbocycles. The topological polar surface area (TPSA) is 101 Å². The summed E-state index contributed by atoms with van der Waals surface area (Å²) >= 11 is 0. The number of piperidine rings is 1. The Morgan fingerprint density at radius 1 is 1.00 bits per heavy atom. The Balaban J connectivity index is 1.19. The van der Waals surface area contributed by atoms with Gasteiger partial charge in [-0.2, -0.15) is 0 Å². The van der Waals surface area contributed by atoms with Crippen LogP contribution in [0.5, 0.6) is 5.75 Å². The Labute approximate surface area is 227 Å². The SMILES string of the molecule is COc1ccc(CNC(=O)N2CCC(c3nc(C)ccc3C(=O)Nc3ccc(-n4ccnc4)cc3)CC2)cc1. The number of nitrogens with zero attached hydrogens (tertiary/aromatic N) is 4. The van der Waals surface area contributed by atoms with E-state index in [4.69, 9.17) is 9.72 Å². The fourth-order valence-electron chi connectivity index (χ4n) is 4.80. The van der Waals surface area contributed by atoms with Gasteiger partial charge in [0.1, 0.15) is 5.75 Å². The van der Waals surface area contributed by atoms with Crippen molar-refractivity contribution in [1.29, 1.82) is 0 Å². The van der Waals surface area contributed by atoms with Gasteiger partial charge in [-0.15, -0.1) is 0 Å². The summed E-state index contributed by atoms with van der Waals surface area (Å²) in [6.45, 7) is 3.59. The molecule has 0 radical (unpaired) electrons. The first-order chi connectivity index (χ1) is 19.0. The second kappa shape index (κ2) is 11.8. The highest BCUT2D eigenvalue weighted by Crippen LogP contribution is 2.30. The van der Waals surface area contributed by atoms with Gasteiger partial charge in [0.2, 0.25) is 0 Å². The summed E-state index contributed by atoms with van der Waals surface area (Å²) in [5.74, 6) is 0.695. The van der Waals surface area contributed by atoms with Crippen molar-refractivity contribution in [2.45, 2.75) is 32.2 Å². The molecule has 9 nitrogen and oxygen atoms in total. The van der Waals surface area contributed by atoms with Gasteiger partial charge in [-0.05, 0) is 73.9 Å². The zero-order chi connectivity index (χ0) is 27.2. The minimum absolute atomic E-state index is 0.0847. The summed E-state index contributed by atoms with van der Waals surface area (Å²) in [6.07, 6.45) is 6.81. The number of likely N-dealkylation sites (tertiary alicyclic amines) is 1. The van der Waals surface area contributed by atoms with Crippen LogP contribution in [0.4, 0.5) is 10.5 Å². The Kier molecular flexibility index (Phi) is 7.86. The fraction of sp³-hybridized carbons (Fsp3) is 0.267. The highest BCUT2D eigenvalue weighted by Gasteiger charge is 2.28. The van der Waals surface area contributed by atoms with E-state index >= 15 is 0 Å². The van der Waals surface area contributed by atoms with Crippen LogP contribution in [0.15, 0.2) is 79.4 Å². The molecule has 200 valence electrons. The van der Waals surface area contributed by atoms with Crippen LogP contribution in [0.1, 0.15) is 46.1 Å². The maximum atomic E-state index is 13.3. The van der Waals surface area contributed by atoms with Crippen LogP contribution >= 0.6 is 0 Å². The maximum Gasteiger partial charge on any atom is 0.317 e. The average Bonchev–Trinajstić information content (AvgIpc) is 3.52. The highest BCUT2D eigenvalue weighted by molar-refractivity contribution is 6.05. The number of ether oxygens (including phenoxy) is 1. The monoisotopic (exact) mass is 524 g/mol. The van der Waals surface area contributed by atoms with Crippen LogP contribution in [-0.4, -0.2) is 51.6 Å². The zero-order valence-corrected chi connectivity index (χ0v) is 22.1. The maximum absolute atomic E-state index is 13.3. The smallest absolute Gasteiger partial charge is 0.317 e. The van der Waals surface area contributed by atoms with Crippen molar-refractivity contribution in [1.82, 2.24) is 24.8 Å². The molecule has 5 rings (SSSR count). The van der Waals surface area contributed by atoms with Crippen molar-refractivity contribution < 1.29 is 14.3 Å². The lowest BCUT2D eigenvalue weighted by molar-refractivity contribution is 0.102. The number of hydrogen-bond acceptors (Lipinski definition) is 5. The minimum Gasteiger partial charge on any atom is -0.497 e. The summed E-state index contributed by atoms with van der Waals surface area (Å²) in [5, 5.41) is 6.01. The molecule has 1 saturated heterocycles. The fourth-order valence-corrected chi connectivity index (χ4v) is 4.80. The van der Waals surface area contributed by atoms with Crippen molar-refractivity contribution in [2.75, 3.05) is 25.5 Å². The van der Waals surface area contributed by atoms with Crippen LogP contribution in [0, 0.1) is 6.92 Å². The number of imidazole rings is 1. The van der Waals surface area contributed by atoms with Gasteiger partial charge >= 0.3 is 6.03 Å². The quantitative estimate of drug-likeness (QED) is 0.357. The summed E-state index contributed by atoms with van der Waals surface area (Å²) in [6, 6.07) is 18.9. The van der Waals surface area contributed by atoms with Gasteiger partial charge in [0.05, 0.1) is 24.7 Å². The predicted molar refractivity (Wildman–Crippen MR) is 149 cm³/mol. The summed E-state index contributed by atoms with van der Waals surface area (Å²) in [5.41, 5.74) is 4.91. The van der Waals surface area contributed by atoms with Crippen molar-refractivity contribution in [3.8, 4) is 11.4 Å². The molecule has 3 amide bonds. The van der Waals surface area contributed by atoms with Gasteiger partial charge in [0, 0.05) is 55.0 Å². The lowest BCUT2D eigenvalue weighted by atomic mass is 9.90. The Bertz CT molecular complexity index is 1410. The van der Waals surface area contributed by atoms with Gasteiger partial charge < -0.3 is 24.8 Å². The summed E-state index contributed by atoms with van der Waals surface area (Å²) < 4.78 is 7.09. The number of aromatic nitrogens is 3. The first kappa shape index (κ1) is 26.0. The number of carbonyl (C=O) groups is 2. The number of hydrogen-bond donors (Lipinski definition) is 2. The van der Waals surface area contributed by atoms with Gasteiger partial charge in [0.25, 0.3) is 5.91 Å². The van der Waals surface area contributed by atoms with E-state index in [0.717, 1.165) is 41.2 Å². The van der Waals surface area contributed by atoms with E-state index in [0.29, 0.717) is 30.9 Å². The van der Waals surface area contributed by atoms with Gasteiger partial charge in [0.15, 0.2) is 0 Å². The molecule has 1 aliphatic heterocycles. The molecule has 1 aliphatic rings. The number of carbonyl (C=O) groups excluding carboxylic acids is 2. The van der Waals surface area contributed by atoms with Crippen molar-refractivity contribution >= 4 is 17.6 Å². The molecule has 2 aromatic carbocycles. The molecule has 3 heterocycles. The molecule has 0 atom stereocenters. The third-order valence-corrected chi connectivity index (χ3v) is 7.01. The normalized spacial score (nSPS) is 13.6. The van der Waals surface area contributed by atoms with E-state index in [2.05, 4.69) is 15.6 Å². The number of rotatable bonds is 7. The average molecular weight is 525 g/mol. The second-order valence-electron chi connectivity index (χ2n) is 9.62. The number of benzene rings is 2. The van der Waals surface area contributed by atoms with E-state index < -0.39 is 0 Å². The summed E-state index contributed by atoms with van der Waals surface area (Å²) in [7, 11) is 1.63. The van der Waals surface area contributed by atoms with Crippen molar-refractivity contribution in [2.24, 2.45) is 0 Å². The number of anilines is 1. The number of amides is 3. The molecular formula is C30H32N6O3. The molecule has 2 aromatic heterocycles. The number of urea groups is 1. The molecule has 0 aliphatic carbocycles. The molecule has 0 unspecified atom stereocenters. The molecule has 2 N–H and O–H groups in total. The van der Waals surface area contributed by atoms with Gasteiger partial charge in [-0.25, -0.2) is 9.78 Å². The van der Waals surface area contributed by atoms with E-state index in [1.165, 1.54) is 0 Å². The van der Waals surface area contributed by atoms with E-state index in [9.17, 15) is 9.59 Å².